The van der Waals surface area contributed by atoms with Crippen LogP contribution in [0.3, 0.4) is 0 Å². The van der Waals surface area contributed by atoms with Crippen molar-refractivity contribution in [3.8, 4) is 33.8 Å². The number of fused-ring (bicyclic) bond motifs is 2. The molecule has 1 aliphatic carbocycles. The van der Waals surface area contributed by atoms with Crippen LogP contribution in [0.15, 0.2) is 48.5 Å². The molecule has 0 radical (unpaired) electrons. The van der Waals surface area contributed by atoms with Gasteiger partial charge in [0.05, 0.1) is 0 Å². The van der Waals surface area contributed by atoms with E-state index < -0.39 is 0 Å². The van der Waals surface area contributed by atoms with E-state index in [0.29, 0.717) is 0 Å². The van der Waals surface area contributed by atoms with Crippen molar-refractivity contribution < 1.29 is 14.6 Å². The highest BCUT2D eigenvalue weighted by Crippen LogP contribution is 2.51. The van der Waals surface area contributed by atoms with Gasteiger partial charge in [0, 0.05) is 18.2 Å². The van der Waals surface area contributed by atoms with Gasteiger partial charge in [0.15, 0.2) is 11.5 Å². The molecule has 2 aliphatic rings. The van der Waals surface area contributed by atoms with Crippen LogP contribution >= 0.6 is 0 Å². The highest BCUT2D eigenvalue weighted by atomic mass is 19.1. The van der Waals surface area contributed by atoms with Crippen LogP contribution in [0.4, 0.5) is 4.39 Å². The molecule has 0 fully saturated rings. The zero-order chi connectivity index (χ0) is 18.7. The van der Waals surface area contributed by atoms with Gasteiger partial charge >= 0.3 is 0 Å². The Balaban J connectivity index is 1.80. The average Bonchev–Trinajstić information content (AvgIpc) is 2.67. The fourth-order valence-corrected chi connectivity index (χ4v) is 4.56. The van der Waals surface area contributed by atoms with Gasteiger partial charge in [-0.25, -0.2) is 4.39 Å². The summed E-state index contributed by atoms with van der Waals surface area (Å²) in [5.41, 5.74) is 7.19. The summed E-state index contributed by atoms with van der Waals surface area (Å²) in [6, 6.07) is 14.5. The number of rotatable bonds is 1. The van der Waals surface area contributed by atoms with Crippen LogP contribution < -0.4 is 0 Å². The van der Waals surface area contributed by atoms with Gasteiger partial charge in [-0.2, -0.15) is 0 Å². The Morgan fingerprint density at radius 3 is 2.52 bits per heavy atom. The third-order valence-corrected chi connectivity index (χ3v) is 5.97. The molecule has 3 aromatic carbocycles. The van der Waals surface area contributed by atoms with Crippen LogP contribution in [0, 0.1) is 5.82 Å². The maximum atomic E-state index is 13.4. The van der Waals surface area contributed by atoms with Crippen LogP contribution in [0.25, 0.3) is 22.3 Å². The molecule has 1 heterocycles. The van der Waals surface area contributed by atoms with Gasteiger partial charge in [0.25, 0.3) is 0 Å². The number of phenolic OH excluding ortho intramolecular Hbond substituents is 2. The standard InChI is InChI=1S/C23H20FNO2/c1-25-9-8-15-10-16(13-2-5-17(24)6-3-13)11-18-21(15)19(25)12-14-4-7-20(26)23(27)22(14)18/h2-7,10-11,19,26-27H,8-9,12H2,1H3/t19-/m1/s1. The van der Waals surface area contributed by atoms with E-state index in [-0.39, 0.29) is 23.4 Å². The minimum absolute atomic E-state index is 0.0577. The number of hydrogen-bond acceptors (Lipinski definition) is 3. The third kappa shape index (κ3) is 2.44. The first-order chi connectivity index (χ1) is 13.0. The normalized spacial score (nSPS) is 18.1. The smallest absolute Gasteiger partial charge is 0.165 e. The highest BCUT2D eigenvalue weighted by molar-refractivity contribution is 5.85. The maximum absolute atomic E-state index is 13.4. The van der Waals surface area contributed by atoms with E-state index >= 15 is 0 Å². The number of nitrogens with zero attached hydrogens (tertiary/aromatic N) is 1. The largest absolute Gasteiger partial charge is 0.504 e. The van der Waals surface area contributed by atoms with Crippen LogP contribution in [-0.4, -0.2) is 28.7 Å². The van der Waals surface area contributed by atoms with Gasteiger partial charge in [0.1, 0.15) is 5.82 Å². The lowest BCUT2D eigenvalue weighted by Gasteiger charge is -2.40. The Hall–Kier alpha value is -2.85. The first kappa shape index (κ1) is 16.3. The SMILES string of the molecule is CN1CCc2cc(-c3ccc(F)cc3)cc3c2[C@H]1Cc1ccc(O)c(O)c1-3. The first-order valence-corrected chi connectivity index (χ1v) is 9.20. The Morgan fingerprint density at radius 2 is 1.74 bits per heavy atom. The molecule has 0 aromatic heterocycles. The molecule has 1 aliphatic heterocycles. The monoisotopic (exact) mass is 361 g/mol. The number of halogens is 1. The summed E-state index contributed by atoms with van der Waals surface area (Å²) in [4.78, 5) is 2.36. The van der Waals surface area contributed by atoms with Crippen molar-refractivity contribution in [3.05, 3.63) is 71.0 Å². The van der Waals surface area contributed by atoms with Gasteiger partial charge in [0.2, 0.25) is 0 Å². The summed E-state index contributed by atoms with van der Waals surface area (Å²) >= 11 is 0. The Kier molecular flexibility index (Phi) is 3.52. The number of aromatic hydroxyl groups is 2. The summed E-state index contributed by atoms with van der Waals surface area (Å²) in [5, 5.41) is 20.7. The van der Waals surface area contributed by atoms with Crippen LogP contribution in [-0.2, 0) is 12.8 Å². The van der Waals surface area contributed by atoms with Crippen LogP contribution in [0.1, 0.15) is 22.7 Å². The topological polar surface area (TPSA) is 43.7 Å². The predicted molar refractivity (Wildman–Crippen MR) is 103 cm³/mol. The van der Waals surface area contributed by atoms with Crippen molar-refractivity contribution in [2.24, 2.45) is 0 Å². The molecule has 5 rings (SSSR count). The molecule has 0 unspecified atom stereocenters. The molecule has 3 aromatic rings. The second kappa shape index (κ2) is 5.83. The predicted octanol–water partition coefficient (Wildman–Crippen LogP) is 4.66. The minimum atomic E-state index is -0.257. The van der Waals surface area contributed by atoms with Crippen molar-refractivity contribution in [2.45, 2.75) is 18.9 Å². The zero-order valence-corrected chi connectivity index (χ0v) is 15.0. The summed E-state index contributed by atoms with van der Waals surface area (Å²) in [6.45, 7) is 0.976. The highest BCUT2D eigenvalue weighted by Gasteiger charge is 2.34. The summed E-state index contributed by atoms with van der Waals surface area (Å²) in [7, 11) is 2.14. The van der Waals surface area contributed by atoms with Gasteiger partial charge < -0.3 is 10.2 Å². The fraction of sp³-hybridized carbons (Fsp3) is 0.217. The van der Waals surface area contributed by atoms with E-state index in [9.17, 15) is 14.6 Å². The van der Waals surface area contributed by atoms with Crippen molar-refractivity contribution in [1.82, 2.24) is 4.90 Å². The summed E-state index contributed by atoms with van der Waals surface area (Å²) in [5.74, 6) is -0.414. The molecule has 4 heteroatoms. The van der Waals surface area contributed by atoms with E-state index in [4.69, 9.17) is 0 Å². The number of likely N-dealkylation sites (N-methyl/N-ethyl adjacent to an activating group) is 1. The van der Waals surface area contributed by atoms with Crippen molar-refractivity contribution >= 4 is 0 Å². The average molecular weight is 361 g/mol. The van der Waals surface area contributed by atoms with Gasteiger partial charge in [-0.05, 0) is 77.5 Å². The Labute approximate surface area is 157 Å². The lowest BCUT2D eigenvalue weighted by molar-refractivity contribution is 0.228. The van der Waals surface area contributed by atoms with E-state index in [0.717, 1.165) is 47.2 Å². The van der Waals surface area contributed by atoms with Crippen LogP contribution in [0.5, 0.6) is 11.5 Å². The van der Waals surface area contributed by atoms with E-state index in [1.54, 1.807) is 18.2 Å². The fourth-order valence-electron chi connectivity index (χ4n) is 4.56. The van der Waals surface area contributed by atoms with E-state index in [2.05, 4.69) is 24.1 Å². The maximum Gasteiger partial charge on any atom is 0.165 e. The van der Waals surface area contributed by atoms with Crippen molar-refractivity contribution in [2.75, 3.05) is 13.6 Å². The van der Waals surface area contributed by atoms with E-state index in [1.807, 2.05) is 6.07 Å². The summed E-state index contributed by atoms with van der Waals surface area (Å²) in [6.07, 6.45) is 1.74. The minimum Gasteiger partial charge on any atom is -0.504 e. The molecule has 136 valence electrons. The molecule has 2 N–H and O–H groups in total. The lowest BCUT2D eigenvalue weighted by atomic mass is 9.75. The number of phenols is 2. The first-order valence-electron chi connectivity index (χ1n) is 9.20. The van der Waals surface area contributed by atoms with Gasteiger partial charge in [-0.3, -0.25) is 4.90 Å². The van der Waals surface area contributed by atoms with Gasteiger partial charge in [-0.1, -0.05) is 24.3 Å². The Bertz CT molecular complexity index is 1060. The quantitative estimate of drug-likeness (QED) is 0.620. The van der Waals surface area contributed by atoms with Crippen LogP contribution in [0.2, 0.25) is 0 Å². The molecule has 0 amide bonds. The lowest BCUT2D eigenvalue weighted by Crippen LogP contribution is -2.35. The second-order valence-corrected chi connectivity index (χ2v) is 7.52. The molecule has 0 saturated carbocycles. The molecule has 1 atom stereocenters. The van der Waals surface area contributed by atoms with Crippen molar-refractivity contribution in [1.29, 1.82) is 0 Å². The molecular weight excluding hydrogens is 341 g/mol. The second-order valence-electron chi connectivity index (χ2n) is 7.52. The number of hydrogen-bond donors (Lipinski definition) is 2. The van der Waals surface area contributed by atoms with Crippen molar-refractivity contribution in [3.63, 3.8) is 0 Å². The molecule has 0 saturated heterocycles. The Morgan fingerprint density at radius 1 is 0.963 bits per heavy atom. The number of benzene rings is 3. The molecule has 27 heavy (non-hydrogen) atoms. The van der Waals surface area contributed by atoms with E-state index in [1.165, 1.54) is 23.3 Å². The molecule has 0 bridgehead atoms. The van der Waals surface area contributed by atoms with Gasteiger partial charge in [-0.15, -0.1) is 0 Å². The molecular formula is C23H20FNO2. The molecule has 0 spiro atoms. The third-order valence-electron chi connectivity index (χ3n) is 5.97. The zero-order valence-electron chi connectivity index (χ0n) is 15.0. The molecule has 3 nitrogen and oxygen atoms in total. The summed E-state index contributed by atoms with van der Waals surface area (Å²) < 4.78 is 13.4.